The van der Waals surface area contributed by atoms with Crippen molar-refractivity contribution in [3.8, 4) is 11.5 Å². The van der Waals surface area contributed by atoms with Crippen molar-refractivity contribution in [3.05, 3.63) is 126 Å². The molecule has 1 amide bonds. The van der Waals surface area contributed by atoms with E-state index in [0.29, 0.717) is 55.9 Å². The Labute approximate surface area is 279 Å². The number of nitrogens with one attached hydrogen (secondary N) is 1. The molecule has 246 valence electrons. The van der Waals surface area contributed by atoms with E-state index in [4.69, 9.17) is 4.74 Å². The van der Waals surface area contributed by atoms with E-state index in [2.05, 4.69) is 24.1 Å². The summed E-state index contributed by atoms with van der Waals surface area (Å²) >= 11 is 0. The number of piperazine rings is 1. The van der Waals surface area contributed by atoms with E-state index in [1.165, 1.54) is 18.2 Å². The Morgan fingerprint density at radius 2 is 1.58 bits per heavy atom. The Balaban J connectivity index is 1.26. The first kappa shape index (κ1) is 31.4. The maximum atomic E-state index is 15.3. The smallest absolute Gasteiger partial charge is 0.242 e. The summed E-state index contributed by atoms with van der Waals surface area (Å²) in [5.41, 5.74) is 4.27. The van der Waals surface area contributed by atoms with Crippen LogP contribution in [-0.4, -0.2) is 49.3 Å². The van der Waals surface area contributed by atoms with Crippen molar-refractivity contribution >= 4 is 28.8 Å². The predicted octanol–water partition coefficient (Wildman–Crippen LogP) is 7.72. The molecule has 7 rings (SSSR count). The van der Waals surface area contributed by atoms with Crippen LogP contribution in [0.15, 0.2) is 108 Å². The number of para-hydroxylation sites is 3. The van der Waals surface area contributed by atoms with Gasteiger partial charge in [0.25, 0.3) is 0 Å². The molecule has 4 aromatic carbocycles. The number of allylic oxidation sites excluding steroid dienone is 1. The SMILES string of the molecule is CC1(C)CC(=O)C2=C(C1)Nc1ccccc1N(CC(=O)N1CCN(c3ccc(F)cc3)CC1)C2c1ccc(F)c(Oc2ccccc2)c1. The van der Waals surface area contributed by atoms with Gasteiger partial charge in [-0.25, -0.2) is 8.78 Å². The van der Waals surface area contributed by atoms with E-state index >= 15 is 4.39 Å². The number of amides is 1. The minimum absolute atomic E-state index is 0.000384. The number of fused-ring (bicyclic) bond motifs is 1. The molecule has 3 aliphatic rings. The third kappa shape index (κ3) is 6.37. The molecule has 1 fully saturated rings. The van der Waals surface area contributed by atoms with Crippen LogP contribution in [0, 0.1) is 17.0 Å². The molecule has 1 saturated heterocycles. The largest absolute Gasteiger partial charge is 0.454 e. The zero-order valence-corrected chi connectivity index (χ0v) is 27.1. The highest BCUT2D eigenvalue weighted by Gasteiger charge is 2.42. The van der Waals surface area contributed by atoms with Crippen molar-refractivity contribution in [2.45, 2.75) is 32.7 Å². The molecular weight excluding hydrogens is 610 g/mol. The molecule has 0 radical (unpaired) electrons. The van der Waals surface area contributed by atoms with Crippen LogP contribution in [0.1, 0.15) is 38.3 Å². The van der Waals surface area contributed by atoms with Gasteiger partial charge in [0, 0.05) is 49.6 Å². The number of carbonyl (C=O) groups is 2. The summed E-state index contributed by atoms with van der Waals surface area (Å²) in [4.78, 5) is 34.3. The lowest BCUT2D eigenvalue weighted by molar-refractivity contribution is -0.130. The molecule has 48 heavy (non-hydrogen) atoms. The zero-order chi connectivity index (χ0) is 33.4. The quantitative estimate of drug-likeness (QED) is 0.231. The van der Waals surface area contributed by atoms with Crippen LogP contribution < -0.4 is 19.9 Å². The summed E-state index contributed by atoms with van der Waals surface area (Å²) in [6.45, 7) is 6.39. The summed E-state index contributed by atoms with van der Waals surface area (Å²) in [6.07, 6.45) is 0.989. The van der Waals surface area contributed by atoms with E-state index in [9.17, 15) is 14.0 Å². The van der Waals surface area contributed by atoms with Gasteiger partial charge in [-0.2, -0.15) is 0 Å². The van der Waals surface area contributed by atoms with Crippen molar-refractivity contribution in [1.29, 1.82) is 0 Å². The lowest BCUT2D eigenvalue weighted by Crippen LogP contribution is -2.52. The maximum absolute atomic E-state index is 15.3. The van der Waals surface area contributed by atoms with Crippen molar-refractivity contribution in [3.63, 3.8) is 0 Å². The Morgan fingerprint density at radius 3 is 2.33 bits per heavy atom. The minimum atomic E-state index is -0.678. The second kappa shape index (κ2) is 12.8. The first-order valence-electron chi connectivity index (χ1n) is 16.3. The number of anilines is 3. The summed E-state index contributed by atoms with van der Waals surface area (Å²) in [5.74, 6) is -0.369. The van der Waals surface area contributed by atoms with Gasteiger partial charge in [-0.05, 0) is 78.1 Å². The Kier molecular flexibility index (Phi) is 8.37. The fourth-order valence-electron chi connectivity index (χ4n) is 7.07. The van der Waals surface area contributed by atoms with Gasteiger partial charge < -0.3 is 24.8 Å². The molecule has 4 aromatic rings. The molecule has 1 atom stereocenters. The highest BCUT2D eigenvalue weighted by molar-refractivity contribution is 6.02. The molecule has 7 nitrogen and oxygen atoms in total. The van der Waals surface area contributed by atoms with Crippen LogP contribution >= 0.6 is 0 Å². The molecule has 9 heteroatoms. The lowest BCUT2D eigenvalue weighted by Gasteiger charge is -2.40. The van der Waals surface area contributed by atoms with Crippen molar-refractivity contribution < 1.29 is 23.1 Å². The van der Waals surface area contributed by atoms with Gasteiger partial charge in [-0.3, -0.25) is 9.59 Å². The van der Waals surface area contributed by atoms with Crippen LogP contribution in [0.5, 0.6) is 11.5 Å². The van der Waals surface area contributed by atoms with Crippen LogP contribution in [0.3, 0.4) is 0 Å². The third-order valence-electron chi connectivity index (χ3n) is 9.38. The third-order valence-corrected chi connectivity index (χ3v) is 9.38. The zero-order valence-electron chi connectivity index (χ0n) is 27.1. The minimum Gasteiger partial charge on any atom is -0.454 e. The summed E-state index contributed by atoms with van der Waals surface area (Å²) in [5, 5.41) is 3.58. The van der Waals surface area contributed by atoms with Crippen LogP contribution in [-0.2, 0) is 9.59 Å². The number of halogens is 2. The van der Waals surface area contributed by atoms with Gasteiger partial charge in [0.1, 0.15) is 11.6 Å². The lowest BCUT2D eigenvalue weighted by atomic mass is 9.73. The van der Waals surface area contributed by atoms with Crippen LogP contribution in [0.4, 0.5) is 25.8 Å². The number of ketones is 1. The van der Waals surface area contributed by atoms with Crippen molar-refractivity contribution in [1.82, 2.24) is 4.90 Å². The van der Waals surface area contributed by atoms with Gasteiger partial charge in [0.2, 0.25) is 5.91 Å². The van der Waals surface area contributed by atoms with Crippen molar-refractivity contribution in [2.24, 2.45) is 5.41 Å². The standard InChI is InChI=1S/C39H38F2N4O3/c1-39(2)23-32-37(34(46)24-39)38(26-12-17-30(41)35(22-26)48-29-8-4-3-5-9-29)45(33-11-7-6-10-31(33)42-32)25-36(47)44-20-18-43(19-21-44)28-15-13-27(40)14-16-28/h3-17,22,38,42H,18-21,23-25H2,1-2H3. The molecule has 0 spiro atoms. The van der Waals surface area contributed by atoms with Gasteiger partial charge >= 0.3 is 0 Å². The van der Waals surface area contributed by atoms with Crippen molar-refractivity contribution in [2.75, 3.05) is 47.8 Å². The van der Waals surface area contributed by atoms with E-state index in [0.717, 1.165) is 22.8 Å². The molecule has 2 heterocycles. The molecular formula is C39H38F2N4O3. The van der Waals surface area contributed by atoms with Gasteiger partial charge in [0.15, 0.2) is 17.3 Å². The molecule has 1 N–H and O–H groups in total. The van der Waals surface area contributed by atoms with Crippen LogP contribution in [0.25, 0.3) is 0 Å². The van der Waals surface area contributed by atoms with Gasteiger partial charge in [-0.1, -0.05) is 50.2 Å². The number of rotatable bonds is 6. The molecule has 0 bridgehead atoms. The monoisotopic (exact) mass is 648 g/mol. The number of carbonyl (C=O) groups excluding carboxylic acids is 2. The van der Waals surface area contributed by atoms with E-state index in [1.807, 2.05) is 52.3 Å². The van der Waals surface area contributed by atoms with Crippen LogP contribution in [0.2, 0.25) is 0 Å². The molecule has 2 aliphatic heterocycles. The maximum Gasteiger partial charge on any atom is 0.242 e. The fourth-order valence-corrected chi connectivity index (χ4v) is 7.07. The molecule has 1 aliphatic carbocycles. The first-order chi connectivity index (χ1) is 23.1. The highest BCUT2D eigenvalue weighted by Crippen LogP contribution is 2.48. The number of Topliss-reactive ketones (excluding diaryl/α,β-unsaturated/α-hetero) is 1. The normalized spacial score (nSPS) is 18.9. The Bertz CT molecular complexity index is 1870. The predicted molar refractivity (Wildman–Crippen MR) is 183 cm³/mol. The van der Waals surface area contributed by atoms with Gasteiger partial charge in [0.05, 0.1) is 24.0 Å². The second-order valence-corrected chi connectivity index (χ2v) is 13.5. The molecule has 0 saturated carbocycles. The fraction of sp³-hybridized carbons (Fsp3) is 0.282. The highest BCUT2D eigenvalue weighted by atomic mass is 19.1. The van der Waals surface area contributed by atoms with E-state index < -0.39 is 11.9 Å². The molecule has 1 unspecified atom stereocenters. The number of hydrogen-bond donors (Lipinski definition) is 1. The van der Waals surface area contributed by atoms with E-state index in [1.54, 1.807) is 36.4 Å². The number of hydrogen-bond acceptors (Lipinski definition) is 6. The average Bonchev–Trinajstić information content (AvgIpc) is 3.20. The van der Waals surface area contributed by atoms with E-state index in [-0.39, 0.29) is 35.2 Å². The first-order valence-corrected chi connectivity index (χ1v) is 16.3. The molecule has 0 aromatic heterocycles. The summed E-state index contributed by atoms with van der Waals surface area (Å²) in [6, 6.07) is 27.2. The Hall–Kier alpha value is -5.18. The average molecular weight is 649 g/mol. The topological polar surface area (TPSA) is 65.1 Å². The number of benzene rings is 4. The second-order valence-electron chi connectivity index (χ2n) is 13.5. The summed E-state index contributed by atoms with van der Waals surface area (Å²) in [7, 11) is 0. The number of ether oxygens (including phenoxy) is 1. The Morgan fingerprint density at radius 1 is 0.875 bits per heavy atom. The van der Waals surface area contributed by atoms with Gasteiger partial charge in [-0.15, -0.1) is 0 Å². The summed E-state index contributed by atoms with van der Waals surface area (Å²) < 4.78 is 34.8. The number of nitrogens with zero attached hydrogens (tertiary/aromatic N) is 3.